The van der Waals surface area contributed by atoms with Crippen molar-refractivity contribution in [1.82, 2.24) is 14.6 Å². The highest BCUT2D eigenvalue weighted by atomic mass is 32.2. The molecule has 1 atom stereocenters. The maximum atomic E-state index is 12.9. The van der Waals surface area contributed by atoms with Crippen molar-refractivity contribution >= 4 is 26.8 Å². The SMILES string of the molecule is CS(=O)(=O)N1CCCC(NC(=O)c2cccc3c4c([nH]c23)CCCC4)C1. The van der Waals surface area contributed by atoms with Crippen molar-refractivity contribution in [3.8, 4) is 0 Å². The zero-order chi connectivity index (χ0) is 18.3. The summed E-state index contributed by atoms with van der Waals surface area (Å²) in [7, 11) is -3.22. The lowest BCUT2D eigenvalue weighted by molar-refractivity contribution is 0.0923. The maximum absolute atomic E-state index is 12.9. The highest BCUT2D eigenvalue weighted by Crippen LogP contribution is 2.30. The van der Waals surface area contributed by atoms with Crippen LogP contribution in [-0.2, 0) is 22.9 Å². The molecule has 2 heterocycles. The summed E-state index contributed by atoms with van der Waals surface area (Å²) in [5, 5.41) is 4.19. The van der Waals surface area contributed by atoms with Crippen molar-refractivity contribution in [3.63, 3.8) is 0 Å². The van der Waals surface area contributed by atoms with Crippen LogP contribution in [0.1, 0.15) is 47.3 Å². The quantitative estimate of drug-likeness (QED) is 0.863. The van der Waals surface area contributed by atoms with E-state index in [-0.39, 0.29) is 11.9 Å². The van der Waals surface area contributed by atoms with Gasteiger partial charge in [0.25, 0.3) is 5.91 Å². The second kappa shape index (κ2) is 6.70. The van der Waals surface area contributed by atoms with Gasteiger partial charge in [-0.2, -0.15) is 0 Å². The molecule has 1 aliphatic heterocycles. The Bertz CT molecular complexity index is 948. The van der Waals surface area contributed by atoms with Gasteiger partial charge in [-0.05, 0) is 50.2 Å². The number of sulfonamides is 1. The minimum absolute atomic E-state index is 0.130. The predicted molar refractivity (Wildman–Crippen MR) is 102 cm³/mol. The summed E-state index contributed by atoms with van der Waals surface area (Å²) in [6, 6.07) is 5.71. The van der Waals surface area contributed by atoms with Crippen LogP contribution in [0.25, 0.3) is 10.9 Å². The molecule has 1 aromatic heterocycles. The molecule has 4 rings (SSSR count). The van der Waals surface area contributed by atoms with Crippen LogP contribution >= 0.6 is 0 Å². The van der Waals surface area contributed by atoms with Gasteiger partial charge >= 0.3 is 0 Å². The molecule has 1 aromatic carbocycles. The van der Waals surface area contributed by atoms with Gasteiger partial charge in [-0.1, -0.05) is 12.1 Å². The third-order valence-electron chi connectivity index (χ3n) is 5.57. The summed E-state index contributed by atoms with van der Waals surface area (Å²) in [4.78, 5) is 16.4. The molecule has 26 heavy (non-hydrogen) atoms. The standard InChI is InChI=1S/C19H25N3O3S/c1-26(24,25)22-11-5-6-13(12-22)20-19(23)16-9-4-8-15-14-7-2-3-10-17(14)21-18(15)16/h4,8-9,13,21H,2-3,5-7,10-12H2,1H3,(H,20,23). The first-order valence-electron chi connectivity index (χ1n) is 9.32. The first-order chi connectivity index (χ1) is 12.4. The molecule has 1 aliphatic carbocycles. The number of aromatic nitrogens is 1. The zero-order valence-corrected chi connectivity index (χ0v) is 15.9. The second-order valence-corrected chi connectivity index (χ2v) is 9.43. The van der Waals surface area contributed by atoms with E-state index in [0.717, 1.165) is 36.6 Å². The van der Waals surface area contributed by atoms with Crippen LogP contribution < -0.4 is 5.32 Å². The van der Waals surface area contributed by atoms with Gasteiger partial charge in [0.1, 0.15) is 0 Å². The third kappa shape index (κ3) is 3.25. The molecular weight excluding hydrogens is 350 g/mol. The first kappa shape index (κ1) is 17.5. The normalized spacial score (nSPS) is 21.5. The van der Waals surface area contributed by atoms with Gasteiger partial charge in [0.05, 0.1) is 17.3 Å². The number of fused-ring (bicyclic) bond motifs is 3. The Morgan fingerprint density at radius 2 is 2.04 bits per heavy atom. The molecule has 2 aliphatic rings. The lowest BCUT2D eigenvalue weighted by Gasteiger charge is -2.31. The number of carbonyl (C=O) groups excluding carboxylic acids is 1. The molecule has 1 unspecified atom stereocenters. The van der Waals surface area contributed by atoms with Crippen molar-refractivity contribution < 1.29 is 13.2 Å². The van der Waals surface area contributed by atoms with Gasteiger partial charge in [-0.15, -0.1) is 0 Å². The summed E-state index contributed by atoms with van der Waals surface area (Å²) >= 11 is 0. The van der Waals surface area contributed by atoms with E-state index in [2.05, 4.69) is 16.4 Å². The number of carbonyl (C=O) groups is 1. The fourth-order valence-electron chi connectivity index (χ4n) is 4.24. The summed E-state index contributed by atoms with van der Waals surface area (Å²) in [5.74, 6) is -0.130. The van der Waals surface area contributed by atoms with Gasteiger partial charge in [-0.25, -0.2) is 12.7 Å². The minimum atomic E-state index is -3.22. The molecular formula is C19H25N3O3S. The van der Waals surface area contributed by atoms with Crippen LogP contribution in [0.4, 0.5) is 0 Å². The number of aromatic amines is 1. The van der Waals surface area contributed by atoms with E-state index >= 15 is 0 Å². The van der Waals surface area contributed by atoms with Gasteiger partial charge < -0.3 is 10.3 Å². The topological polar surface area (TPSA) is 82.3 Å². The number of piperidine rings is 1. The molecule has 7 heteroatoms. The number of hydrogen-bond acceptors (Lipinski definition) is 3. The van der Waals surface area contributed by atoms with E-state index in [1.165, 1.54) is 34.7 Å². The lowest BCUT2D eigenvalue weighted by Crippen LogP contribution is -2.49. The number of hydrogen-bond donors (Lipinski definition) is 2. The van der Waals surface area contributed by atoms with Crippen LogP contribution in [0.2, 0.25) is 0 Å². The minimum Gasteiger partial charge on any atom is -0.358 e. The molecule has 1 saturated heterocycles. The van der Waals surface area contributed by atoms with Gasteiger partial charge in [-0.3, -0.25) is 4.79 Å². The van der Waals surface area contributed by atoms with E-state index in [0.29, 0.717) is 18.7 Å². The number of H-pyrrole nitrogens is 1. The molecule has 2 N–H and O–H groups in total. The number of nitrogens with zero attached hydrogens (tertiary/aromatic N) is 1. The molecule has 1 amide bonds. The Morgan fingerprint density at radius 1 is 1.23 bits per heavy atom. The van der Waals surface area contributed by atoms with Crippen LogP contribution in [0, 0.1) is 0 Å². The fraction of sp³-hybridized carbons (Fsp3) is 0.526. The number of nitrogens with one attached hydrogen (secondary N) is 2. The highest BCUT2D eigenvalue weighted by molar-refractivity contribution is 7.88. The lowest BCUT2D eigenvalue weighted by atomic mass is 9.95. The van der Waals surface area contributed by atoms with Crippen LogP contribution in [0.5, 0.6) is 0 Å². The smallest absolute Gasteiger partial charge is 0.253 e. The van der Waals surface area contributed by atoms with E-state index in [1.54, 1.807) is 0 Å². The summed E-state index contributed by atoms with van der Waals surface area (Å²) in [6.45, 7) is 0.881. The number of aryl methyl sites for hydroxylation is 2. The first-order valence-corrected chi connectivity index (χ1v) is 11.2. The number of para-hydroxylation sites is 1. The van der Waals surface area contributed by atoms with E-state index < -0.39 is 10.0 Å². The van der Waals surface area contributed by atoms with Crippen molar-refractivity contribution in [2.75, 3.05) is 19.3 Å². The number of amides is 1. The molecule has 1 fully saturated rings. The van der Waals surface area contributed by atoms with Crippen molar-refractivity contribution in [2.45, 2.75) is 44.6 Å². The number of benzene rings is 1. The Hall–Kier alpha value is -1.86. The Kier molecular flexibility index (Phi) is 4.52. The average molecular weight is 375 g/mol. The molecule has 2 aromatic rings. The van der Waals surface area contributed by atoms with Gasteiger partial charge in [0.2, 0.25) is 10.0 Å². The summed E-state index contributed by atoms with van der Waals surface area (Å²) in [6.07, 6.45) is 7.27. The fourth-order valence-corrected chi connectivity index (χ4v) is 5.16. The molecule has 6 nitrogen and oxygen atoms in total. The third-order valence-corrected chi connectivity index (χ3v) is 6.84. The predicted octanol–water partition coefficient (Wildman–Crippen LogP) is 2.20. The maximum Gasteiger partial charge on any atom is 0.253 e. The molecule has 0 bridgehead atoms. The van der Waals surface area contributed by atoms with Crippen molar-refractivity contribution in [1.29, 1.82) is 0 Å². The molecule has 140 valence electrons. The zero-order valence-electron chi connectivity index (χ0n) is 15.0. The van der Waals surface area contributed by atoms with E-state index in [4.69, 9.17) is 0 Å². The van der Waals surface area contributed by atoms with Crippen molar-refractivity contribution in [2.24, 2.45) is 0 Å². The molecule has 0 radical (unpaired) electrons. The molecule has 0 spiro atoms. The monoisotopic (exact) mass is 375 g/mol. The van der Waals surface area contributed by atoms with Gasteiger partial charge in [0.15, 0.2) is 0 Å². The Balaban J connectivity index is 1.58. The van der Waals surface area contributed by atoms with Gasteiger partial charge in [0, 0.05) is 30.2 Å². The highest BCUT2D eigenvalue weighted by Gasteiger charge is 2.28. The van der Waals surface area contributed by atoms with Crippen LogP contribution in [-0.4, -0.2) is 49.0 Å². The van der Waals surface area contributed by atoms with E-state index in [9.17, 15) is 13.2 Å². The number of rotatable bonds is 3. The average Bonchev–Trinajstić information content (AvgIpc) is 3.00. The Morgan fingerprint density at radius 3 is 2.85 bits per heavy atom. The summed E-state index contributed by atoms with van der Waals surface area (Å²) in [5.41, 5.74) is 4.16. The van der Waals surface area contributed by atoms with Crippen LogP contribution in [0.15, 0.2) is 18.2 Å². The van der Waals surface area contributed by atoms with E-state index in [1.807, 2.05) is 12.1 Å². The largest absolute Gasteiger partial charge is 0.358 e. The second-order valence-electron chi connectivity index (χ2n) is 7.45. The molecule has 0 saturated carbocycles. The Labute approximate surface area is 154 Å². The van der Waals surface area contributed by atoms with Crippen LogP contribution in [0.3, 0.4) is 0 Å². The summed E-state index contributed by atoms with van der Waals surface area (Å²) < 4.78 is 25.0. The van der Waals surface area contributed by atoms with Crippen molar-refractivity contribution in [3.05, 3.63) is 35.0 Å².